The van der Waals surface area contributed by atoms with E-state index in [0.29, 0.717) is 28.7 Å². The Morgan fingerprint density at radius 3 is 2.28 bits per heavy atom. The zero-order valence-corrected chi connectivity index (χ0v) is 18.2. The fourth-order valence-electron chi connectivity index (χ4n) is 3.39. The van der Waals surface area contributed by atoms with Crippen molar-refractivity contribution >= 4 is 22.4 Å². The third-order valence-corrected chi connectivity index (χ3v) is 5.04. The van der Waals surface area contributed by atoms with Crippen LogP contribution < -0.4 is 24.3 Å². The van der Waals surface area contributed by atoms with E-state index in [2.05, 4.69) is 5.32 Å². The molecule has 7 heteroatoms. The van der Waals surface area contributed by atoms with Crippen molar-refractivity contribution in [3.63, 3.8) is 0 Å². The Labute approximate surface area is 185 Å². The first-order valence-electron chi connectivity index (χ1n) is 9.91. The van der Waals surface area contributed by atoms with E-state index in [0.717, 1.165) is 16.3 Å². The molecule has 0 aliphatic carbocycles. The quantitative estimate of drug-likeness (QED) is 0.396. The van der Waals surface area contributed by atoms with Crippen molar-refractivity contribution in [2.45, 2.75) is 6.92 Å². The van der Waals surface area contributed by atoms with Crippen molar-refractivity contribution in [2.24, 2.45) is 0 Å². The summed E-state index contributed by atoms with van der Waals surface area (Å²) in [5.74, 6) is 1.82. The van der Waals surface area contributed by atoms with Gasteiger partial charge in [-0.15, -0.1) is 0 Å². The van der Waals surface area contributed by atoms with Gasteiger partial charge >= 0.3 is 0 Å². The largest absolute Gasteiger partial charge is 0.496 e. The van der Waals surface area contributed by atoms with E-state index in [1.807, 2.05) is 43.3 Å². The molecule has 0 aliphatic rings. The minimum Gasteiger partial charge on any atom is -0.496 e. The van der Waals surface area contributed by atoms with Gasteiger partial charge in [0.2, 0.25) is 0 Å². The number of nitrogens with one attached hydrogen (secondary N) is 1. The zero-order valence-electron chi connectivity index (χ0n) is 18.2. The number of hydrogen-bond donors (Lipinski definition) is 1. The summed E-state index contributed by atoms with van der Waals surface area (Å²) in [5.41, 5.74) is 1.32. The van der Waals surface area contributed by atoms with Crippen molar-refractivity contribution < 1.29 is 28.2 Å². The number of fused-ring (bicyclic) bond motifs is 1. The van der Waals surface area contributed by atoms with E-state index in [-0.39, 0.29) is 11.7 Å². The molecule has 0 radical (unpaired) electrons. The summed E-state index contributed by atoms with van der Waals surface area (Å²) in [4.78, 5) is 12.8. The molecule has 0 unspecified atom stereocenters. The normalized spacial score (nSPS) is 10.6. The molecule has 0 spiro atoms. The topological polar surface area (TPSA) is 79.2 Å². The Bertz CT molecular complexity index is 1250. The number of furan rings is 1. The smallest absolute Gasteiger partial charge is 0.291 e. The Kier molecular flexibility index (Phi) is 5.89. The van der Waals surface area contributed by atoms with Gasteiger partial charge in [0.05, 0.1) is 21.3 Å². The summed E-state index contributed by atoms with van der Waals surface area (Å²) in [7, 11) is 4.53. The molecule has 1 aromatic heterocycles. The molecule has 0 aliphatic heterocycles. The standard InChI is InChI=1S/C25H23NO6/c1-15-9-10-16-7-5-6-8-18(16)24(15)32-22-12-11-19(31-22)25(27)26-23-20(29-3)13-17(28-2)14-21(23)30-4/h5-14H,1-4H3,(H,26,27). The number of ether oxygens (including phenoxy) is 4. The van der Waals surface area contributed by atoms with Crippen LogP contribution in [0.15, 0.2) is 65.1 Å². The molecule has 1 amide bonds. The molecule has 0 bridgehead atoms. The fraction of sp³-hybridized carbons (Fsp3) is 0.160. The maximum atomic E-state index is 12.8. The molecule has 3 aromatic carbocycles. The second kappa shape index (κ2) is 8.93. The number of carbonyl (C=O) groups excluding carboxylic acids is 1. The number of hydrogen-bond acceptors (Lipinski definition) is 6. The van der Waals surface area contributed by atoms with E-state index in [9.17, 15) is 4.79 Å². The molecule has 32 heavy (non-hydrogen) atoms. The molecule has 0 saturated carbocycles. The van der Waals surface area contributed by atoms with Crippen LogP contribution in [-0.2, 0) is 0 Å². The van der Waals surface area contributed by atoms with Crippen LogP contribution in [0.3, 0.4) is 0 Å². The Morgan fingerprint density at radius 2 is 1.59 bits per heavy atom. The van der Waals surface area contributed by atoms with E-state index < -0.39 is 5.91 Å². The summed E-state index contributed by atoms with van der Waals surface area (Å²) < 4.78 is 27.7. The van der Waals surface area contributed by atoms with Gasteiger partial charge in [-0.2, -0.15) is 0 Å². The lowest BCUT2D eigenvalue weighted by atomic mass is 10.1. The molecule has 0 fully saturated rings. The highest BCUT2D eigenvalue weighted by Crippen LogP contribution is 2.39. The summed E-state index contributed by atoms with van der Waals surface area (Å²) in [5, 5.41) is 4.79. The second-order valence-electron chi connectivity index (χ2n) is 7.01. The maximum absolute atomic E-state index is 12.8. The number of amides is 1. The Balaban J connectivity index is 1.59. The van der Waals surface area contributed by atoms with Crippen LogP contribution in [-0.4, -0.2) is 27.2 Å². The molecule has 0 saturated heterocycles. The average molecular weight is 433 g/mol. The first-order chi connectivity index (χ1) is 15.5. The van der Waals surface area contributed by atoms with Crippen LogP contribution in [0, 0.1) is 6.92 Å². The van der Waals surface area contributed by atoms with Crippen molar-refractivity contribution in [3.05, 3.63) is 72.0 Å². The Hall–Kier alpha value is -4.13. The van der Waals surface area contributed by atoms with Crippen molar-refractivity contribution in [3.8, 4) is 28.9 Å². The van der Waals surface area contributed by atoms with Gasteiger partial charge < -0.3 is 28.7 Å². The summed E-state index contributed by atoms with van der Waals surface area (Å²) in [6, 6.07) is 18.4. The van der Waals surface area contributed by atoms with Crippen molar-refractivity contribution in [1.82, 2.24) is 0 Å². The molecular formula is C25H23NO6. The highest BCUT2D eigenvalue weighted by atomic mass is 16.6. The maximum Gasteiger partial charge on any atom is 0.291 e. The van der Waals surface area contributed by atoms with Gasteiger partial charge in [-0.3, -0.25) is 4.79 Å². The summed E-state index contributed by atoms with van der Waals surface area (Å²) >= 11 is 0. The molecule has 1 heterocycles. The number of aryl methyl sites for hydroxylation is 1. The SMILES string of the molecule is COc1cc(OC)c(NC(=O)c2ccc(Oc3c(C)ccc4ccccc34)o2)c(OC)c1. The predicted molar refractivity (Wildman–Crippen MR) is 122 cm³/mol. The van der Waals surface area contributed by atoms with Gasteiger partial charge in [0.15, 0.2) is 5.76 Å². The van der Waals surface area contributed by atoms with Crippen molar-refractivity contribution in [2.75, 3.05) is 26.6 Å². The van der Waals surface area contributed by atoms with Crippen LogP contribution in [0.25, 0.3) is 10.8 Å². The van der Waals surface area contributed by atoms with E-state index in [1.54, 1.807) is 24.3 Å². The van der Waals surface area contributed by atoms with Gasteiger partial charge in [0.1, 0.15) is 28.7 Å². The average Bonchev–Trinajstić information content (AvgIpc) is 3.29. The second-order valence-corrected chi connectivity index (χ2v) is 7.01. The van der Waals surface area contributed by atoms with Crippen LogP contribution in [0.1, 0.15) is 16.1 Å². The number of rotatable bonds is 7. The lowest BCUT2D eigenvalue weighted by Gasteiger charge is -2.15. The first-order valence-corrected chi connectivity index (χ1v) is 9.91. The number of anilines is 1. The predicted octanol–water partition coefficient (Wildman–Crippen LogP) is 5.81. The molecular weight excluding hydrogens is 410 g/mol. The third kappa shape index (κ3) is 4.05. The van der Waals surface area contributed by atoms with E-state index in [1.165, 1.54) is 21.3 Å². The summed E-state index contributed by atoms with van der Waals surface area (Å²) in [6.07, 6.45) is 0. The number of benzene rings is 3. The highest BCUT2D eigenvalue weighted by Gasteiger charge is 2.20. The lowest BCUT2D eigenvalue weighted by molar-refractivity contribution is 0.0991. The van der Waals surface area contributed by atoms with E-state index >= 15 is 0 Å². The van der Waals surface area contributed by atoms with Crippen LogP contribution in [0.4, 0.5) is 5.69 Å². The minimum atomic E-state index is -0.476. The first kappa shape index (κ1) is 21.1. The zero-order chi connectivity index (χ0) is 22.7. The fourth-order valence-corrected chi connectivity index (χ4v) is 3.39. The van der Waals surface area contributed by atoms with Gasteiger partial charge in [-0.05, 0) is 23.9 Å². The number of methoxy groups -OCH3 is 3. The lowest BCUT2D eigenvalue weighted by Crippen LogP contribution is -2.13. The molecule has 4 aromatic rings. The van der Waals surface area contributed by atoms with Gasteiger partial charge in [-0.1, -0.05) is 36.4 Å². The van der Waals surface area contributed by atoms with Crippen LogP contribution in [0.2, 0.25) is 0 Å². The summed E-state index contributed by atoms with van der Waals surface area (Å²) in [6.45, 7) is 1.96. The van der Waals surface area contributed by atoms with Crippen LogP contribution >= 0.6 is 0 Å². The number of carbonyl (C=O) groups is 1. The molecule has 4 rings (SSSR count). The van der Waals surface area contributed by atoms with Gasteiger partial charge in [0, 0.05) is 23.6 Å². The van der Waals surface area contributed by atoms with Crippen LogP contribution in [0.5, 0.6) is 28.9 Å². The minimum absolute atomic E-state index is 0.0813. The highest BCUT2D eigenvalue weighted by molar-refractivity contribution is 6.04. The molecule has 7 nitrogen and oxygen atoms in total. The molecule has 0 atom stereocenters. The monoisotopic (exact) mass is 433 g/mol. The molecule has 1 N–H and O–H groups in total. The van der Waals surface area contributed by atoms with Gasteiger partial charge in [-0.25, -0.2) is 0 Å². The van der Waals surface area contributed by atoms with Crippen molar-refractivity contribution in [1.29, 1.82) is 0 Å². The molecule has 164 valence electrons. The third-order valence-electron chi connectivity index (χ3n) is 5.04. The van der Waals surface area contributed by atoms with Gasteiger partial charge in [0.25, 0.3) is 11.9 Å². The van der Waals surface area contributed by atoms with E-state index in [4.69, 9.17) is 23.4 Å². The Morgan fingerprint density at radius 1 is 0.875 bits per heavy atom.